The van der Waals surface area contributed by atoms with E-state index in [0.717, 1.165) is 0 Å². The van der Waals surface area contributed by atoms with Crippen LogP contribution < -0.4 is 0 Å². The largest absolute Gasteiger partial charge is 0.382 e. The lowest BCUT2D eigenvalue weighted by Crippen LogP contribution is -2.07. The molecule has 0 saturated heterocycles. The van der Waals surface area contributed by atoms with Gasteiger partial charge in [0.25, 0.3) is 6.43 Å². The van der Waals surface area contributed by atoms with Crippen LogP contribution in [0.1, 0.15) is 17.2 Å². The van der Waals surface area contributed by atoms with Gasteiger partial charge >= 0.3 is 0 Å². The number of aliphatic hydroxyl groups is 1. The van der Waals surface area contributed by atoms with E-state index >= 15 is 0 Å². The van der Waals surface area contributed by atoms with Crippen molar-refractivity contribution >= 4 is 0 Å². The van der Waals surface area contributed by atoms with Crippen LogP contribution in [0.3, 0.4) is 0 Å². The Morgan fingerprint density at radius 2 is 2.08 bits per heavy atom. The molecule has 1 aromatic rings. The number of hydrogen-bond donors (Lipinski definition) is 1. The Balaban J connectivity index is 2.96. The lowest BCUT2D eigenvalue weighted by molar-refractivity contribution is -0.00578. The zero-order chi connectivity index (χ0) is 9.84. The number of halogens is 2. The molecule has 0 amide bonds. The van der Waals surface area contributed by atoms with Gasteiger partial charge in [-0.25, -0.2) is 8.78 Å². The van der Waals surface area contributed by atoms with Gasteiger partial charge < -0.3 is 5.11 Å². The molecule has 1 aromatic carbocycles. The summed E-state index contributed by atoms with van der Waals surface area (Å²) < 4.78 is 24.0. The number of nitrogens with zero attached hydrogens (tertiary/aromatic N) is 1. The molecule has 0 fully saturated rings. The first-order valence-electron chi connectivity index (χ1n) is 3.61. The van der Waals surface area contributed by atoms with Gasteiger partial charge in [0.05, 0.1) is 11.6 Å². The van der Waals surface area contributed by atoms with Crippen molar-refractivity contribution in [2.75, 3.05) is 0 Å². The first-order chi connectivity index (χ1) is 6.15. The second kappa shape index (κ2) is 3.97. The van der Waals surface area contributed by atoms with E-state index in [2.05, 4.69) is 0 Å². The highest BCUT2D eigenvalue weighted by Crippen LogP contribution is 2.20. The van der Waals surface area contributed by atoms with Crippen molar-refractivity contribution in [3.05, 3.63) is 35.4 Å². The van der Waals surface area contributed by atoms with Crippen molar-refractivity contribution in [3.8, 4) is 6.07 Å². The highest BCUT2D eigenvalue weighted by Gasteiger charge is 2.18. The summed E-state index contributed by atoms with van der Waals surface area (Å²) >= 11 is 0. The Kier molecular flexibility index (Phi) is 2.93. The molecule has 1 unspecified atom stereocenters. The summed E-state index contributed by atoms with van der Waals surface area (Å²) in [4.78, 5) is 0. The van der Waals surface area contributed by atoms with Crippen molar-refractivity contribution in [1.82, 2.24) is 0 Å². The number of hydrogen-bond acceptors (Lipinski definition) is 2. The average Bonchev–Trinajstić information content (AvgIpc) is 2.16. The Morgan fingerprint density at radius 1 is 1.38 bits per heavy atom. The normalized spacial score (nSPS) is 12.5. The van der Waals surface area contributed by atoms with Crippen LogP contribution in [0.2, 0.25) is 0 Å². The molecule has 0 radical (unpaired) electrons. The molecule has 0 aromatic heterocycles. The molecule has 0 saturated carbocycles. The van der Waals surface area contributed by atoms with E-state index in [1.807, 2.05) is 0 Å². The molecule has 4 heteroatoms. The summed E-state index contributed by atoms with van der Waals surface area (Å²) in [6.07, 6.45) is -4.64. The summed E-state index contributed by atoms with van der Waals surface area (Å²) in [7, 11) is 0. The number of benzene rings is 1. The molecule has 1 atom stereocenters. The highest BCUT2D eigenvalue weighted by atomic mass is 19.3. The number of rotatable bonds is 2. The van der Waals surface area contributed by atoms with Crippen LogP contribution in [0.4, 0.5) is 8.78 Å². The van der Waals surface area contributed by atoms with E-state index in [-0.39, 0.29) is 11.1 Å². The predicted molar refractivity (Wildman–Crippen MR) is 42.1 cm³/mol. The van der Waals surface area contributed by atoms with Gasteiger partial charge in [-0.3, -0.25) is 0 Å². The van der Waals surface area contributed by atoms with Crippen molar-refractivity contribution < 1.29 is 13.9 Å². The number of aliphatic hydroxyl groups excluding tert-OH is 1. The van der Waals surface area contributed by atoms with Crippen LogP contribution in [0.5, 0.6) is 0 Å². The Hall–Kier alpha value is -1.47. The van der Waals surface area contributed by atoms with Crippen molar-refractivity contribution in [3.63, 3.8) is 0 Å². The van der Waals surface area contributed by atoms with Crippen molar-refractivity contribution in [2.45, 2.75) is 12.5 Å². The quantitative estimate of drug-likeness (QED) is 0.760. The van der Waals surface area contributed by atoms with E-state index in [4.69, 9.17) is 10.4 Å². The molecule has 2 nitrogen and oxygen atoms in total. The molecular formula is C9H7F2NO. The highest BCUT2D eigenvalue weighted by molar-refractivity contribution is 5.33. The summed E-state index contributed by atoms with van der Waals surface area (Å²) in [5, 5.41) is 17.4. The van der Waals surface area contributed by atoms with Crippen LogP contribution in [0, 0.1) is 11.3 Å². The summed E-state index contributed by atoms with van der Waals surface area (Å²) in [5.74, 6) is 0. The minimum atomic E-state index is -2.83. The van der Waals surface area contributed by atoms with Crippen LogP contribution in [-0.2, 0) is 0 Å². The molecule has 0 aliphatic heterocycles. The third kappa shape index (κ3) is 2.23. The lowest BCUT2D eigenvalue weighted by Gasteiger charge is -2.08. The fourth-order valence-corrected chi connectivity index (χ4v) is 0.938. The van der Waals surface area contributed by atoms with Gasteiger partial charge in [0.1, 0.15) is 6.10 Å². The van der Waals surface area contributed by atoms with Gasteiger partial charge in [-0.2, -0.15) is 5.26 Å². The molecule has 0 aliphatic carbocycles. The summed E-state index contributed by atoms with van der Waals surface area (Å²) in [6.45, 7) is 0. The molecule has 13 heavy (non-hydrogen) atoms. The maximum absolute atomic E-state index is 12.0. The van der Waals surface area contributed by atoms with Gasteiger partial charge in [0.15, 0.2) is 0 Å². The minimum Gasteiger partial charge on any atom is -0.382 e. The molecular weight excluding hydrogens is 176 g/mol. The molecule has 0 bridgehead atoms. The third-order valence-electron chi connectivity index (χ3n) is 1.60. The first-order valence-corrected chi connectivity index (χ1v) is 3.61. The van der Waals surface area contributed by atoms with E-state index in [1.54, 1.807) is 6.07 Å². The predicted octanol–water partition coefficient (Wildman–Crippen LogP) is 1.86. The van der Waals surface area contributed by atoms with Gasteiger partial charge in [-0.15, -0.1) is 0 Å². The molecule has 0 spiro atoms. The van der Waals surface area contributed by atoms with Crippen LogP contribution in [-0.4, -0.2) is 11.5 Å². The maximum Gasteiger partial charge on any atom is 0.268 e. The minimum absolute atomic E-state index is 0.0639. The monoisotopic (exact) mass is 183 g/mol. The average molecular weight is 183 g/mol. The Labute approximate surface area is 74.0 Å². The number of alkyl halides is 2. The number of nitriles is 1. The van der Waals surface area contributed by atoms with Gasteiger partial charge in [0.2, 0.25) is 0 Å². The molecule has 0 heterocycles. The third-order valence-corrected chi connectivity index (χ3v) is 1.60. The first kappa shape index (κ1) is 9.62. The van der Waals surface area contributed by atoms with Crippen LogP contribution in [0.25, 0.3) is 0 Å². The standard InChI is InChI=1S/C9H7F2NO/c10-9(11)8(13)7-3-1-2-6(4-7)5-12/h1-4,8-9,13H. The van der Waals surface area contributed by atoms with Gasteiger partial charge in [0, 0.05) is 0 Å². The molecule has 68 valence electrons. The van der Waals surface area contributed by atoms with Gasteiger partial charge in [-0.1, -0.05) is 12.1 Å². The van der Waals surface area contributed by atoms with E-state index in [0.29, 0.717) is 0 Å². The van der Waals surface area contributed by atoms with E-state index < -0.39 is 12.5 Å². The fraction of sp³-hybridized carbons (Fsp3) is 0.222. The SMILES string of the molecule is N#Cc1cccc(C(O)C(F)F)c1. The van der Waals surface area contributed by atoms with Gasteiger partial charge in [-0.05, 0) is 17.7 Å². The van der Waals surface area contributed by atoms with Crippen LogP contribution in [0.15, 0.2) is 24.3 Å². The lowest BCUT2D eigenvalue weighted by atomic mass is 10.1. The summed E-state index contributed by atoms with van der Waals surface area (Å²) in [5.41, 5.74) is 0.325. The molecule has 0 aliphatic rings. The molecule has 1 rings (SSSR count). The van der Waals surface area contributed by atoms with E-state index in [9.17, 15) is 8.78 Å². The Morgan fingerprint density at radius 3 is 2.62 bits per heavy atom. The molecule has 1 N–H and O–H groups in total. The fourth-order valence-electron chi connectivity index (χ4n) is 0.938. The Bertz CT molecular complexity index is 333. The second-order valence-electron chi connectivity index (χ2n) is 2.52. The topological polar surface area (TPSA) is 44.0 Å². The van der Waals surface area contributed by atoms with Crippen molar-refractivity contribution in [1.29, 1.82) is 5.26 Å². The second-order valence-corrected chi connectivity index (χ2v) is 2.52. The van der Waals surface area contributed by atoms with Crippen LogP contribution >= 0.6 is 0 Å². The van der Waals surface area contributed by atoms with E-state index in [1.165, 1.54) is 24.3 Å². The summed E-state index contributed by atoms with van der Waals surface area (Å²) in [6, 6.07) is 7.36. The zero-order valence-corrected chi connectivity index (χ0v) is 6.61. The maximum atomic E-state index is 12.0. The van der Waals surface area contributed by atoms with Crippen molar-refractivity contribution in [2.24, 2.45) is 0 Å². The smallest absolute Gasteiger partial charge is 0.268 e. The zero-order valence-electron chi connectivity index (χ0n) is 6.61.